The molecule has 2 aromatic carbocycles. The molecule has 1 amide bonds. The summed E-state index contributed by atoms with van der Waals surface area (Å²) < 4.78 is 11.0. The van der Waals surface area contributed by atoms with Gasteiger partial charge in [-0.15, -0.1) is 0 Å². The number of rotatable bonds is 9. The zero-order valence-electron chi connectivity index (χ0n) is 18.6. The second kappa shape index (κ2) is 11.2. The lowest BCUT2D eigenvalue weighted by Crippen LogP contribution is -2.45. The van der Waals surface area contributed by atoms with E-state index in [0.29, 0.717) is 31.1 Å². The molecule has 0 bridgehead atoms. The van der Waals surface area contributed by atoms with Crippen molar-refractivity contribution in [1.29, 1.82) is 10.5 Å². The van der Waals surface area contributed by atoms with Crippen LogP contribution in [0.4, 0.5) is 0 Å². The Bertz CT molecular complexity index is 992. The summed E-state index contributed by atoms with van der Waals surface area (Å²) in [7, 11) is 3.25. The van der Waals surface area contributed by atoms with Gasteiger partial charge in [0.05, 0.1) is 51.8 Å². The third-order valence-corrected chi connectivity index (χ3v) is 5.77. The van der Waals surface area contributed by atoms with Gasteiger partial charge in [0, 0.05) is 19.6 Å². The Labute approximate surface area is 189 Å². The average Bonchev–Trinajstić information content (AvgIpc) is 2.83. The van der Waals surface area contributed by atoms with E-state index >= 15 is 0 Å². The van der Waals surface area contributed by atoms with Crippen LogP contribution in [0.15, 0.2) is 42.5 Å². The van der Waals surface area contributed by atoms with Crippen LogP contribution in [0.3, 0.4) is 0 Å². The van der Waals surface area contributed by atoms with Crippen LogP contribution < -0.4 is 9.47 Å². The van der Waals surface area contributed by atoms with Crippen LogP contribution in [0.5, 0.6) is 11.5 Å². The molecule has 32 heavy (non-hydrogen) atoms. The molecule has 1 heterocycles. The van der Waals surface area contributed by atoms with E-state index in [1.165, 1.54) is 5.56 Å². The van der Waals surface area contributed by atoms with Crippen LogP contribution in [0, 0.1) is 22.7 Å². The molecule has 1 aliphatic heterocycles. The Morgan fingerprint density at radius 1 is 1.06 bits per heavy atom. The van der Waals surface area contributed by atoms with E-state index < -0.39 is 0 Å². The lowest BCUT2D eigenvalue weighted by molar-refractivity contribution is -0.132. The van der Waals surface area contributed by atoms with E-state index in [1.807, 2.05) is 30.3 Å². The Morgan fingerprint density at radius 3 is 2.28 bits per heavy atom. The summed E-state index contributed by atoms with van der Waals surface area (Å²) in [5.41, 5.74) is 3.36. The molecule has 0 aliphatic carbocycles. The first-order valence-corrected chi connectivity index (χ1v) is 10.7. The number of hydrogen-bond acceptors (Lipinski definition) is 6. The highest BCUT2D eigenvalue weighted by molar-refractivity contribution is 5.78. The number of amides is 1. The molecular weight excluding hydrogens is 404 g/mol. The second-order valence-electron chi connectivity index (χ2n) is 7.64. The maximum atomic E-state index is 13.2. The number of nitrogens with zero attached hydrogens (tertiary/aromatic N) is 4. The van der Waals surface area contributed by atoms with Crippen LogP contribution in [0.1, 0.15) is 35.6 Å². The minimum atomic E-state index is -0.113. The van der Waals surface area contributed by atoms with Crippen molar-refractivity contribution in [3.05, 3.63) is 59.2 Å². The summed E-state index contributed by atoms with van der Waals surface area (Å²) in [5, 5.41) is 17.9. The van der Waals surface area contributed by atoms with Crippen LogP contribution in [0.25, 0.3) is 0 Å². The molecule has 0 saturated heterocycles. The molecule has 1 unspecified atom stereocenters. The molecule has 7 nitrogen and oxygen atoms in total. The first-order chi connectivity index (χ1) is 15.6. The largest absolute Gasteiger partial charge is 0.493 e. The highest BCUT2D eigenvalue weighted by atomic mass is 16.5. The molecule has 0 N–H and O–H groups in total. The van der Waals surface area contributed by atoms with Crippen LogP contribution in [0.2, 0.25) is 0 Å². The van der Waals surface area contributed by atoms with Crippen molar-refractivity contribution in [3.8, 4) is 23.6 Å². The van der Waals surface area contributed by atoms with Gasteiger partial charge in [0.25, 0.3) is 0 Å². The maximum absolute atomic E-state index is 13.2. The number of hydrogen-bond donors (Lipinski definition) is 0. The standard InChI is InChI=1S/C25H28N4O3/c1-31-22-16-20-10-15-29(18-24(30)28(13-6-11-26)14-7-12-27)25(19-8-4-3-5-9-19)21(20)17-23(22)32-2/h3-5,8-9,16-17,25H,6-7,10,13-15,18H2,1-2H3. The fourth-order valence-electron chi connectivity index (χ4n) is 4.20. The van der Waals surface area contributed by atoms with E-state index in [4.69, 9.17) is 20.0 Å². The number of ether oxygens (including phenoxy) is 2. The summed E-state index contributed by atoms with van der Waals surface area (Å²) in [6.45, 7) is 1.59. The minimum absolute atomic E-state index is 0.0691. The van der Waals surface area contributed by atoms with Gasteiger partial charge in [-0.25, -0.2) is 0 Å². The van der Waals surface area contributed by atoms with Gasteiger partial charge in [0.15, 0.2) is 11.5 Å². The third-order valence-electron chi connectivity index (χ3n) is 5.77. The summed E-state index contributed by atoms with van der Waals surface area (Å²) in [4.78, 5) is 16.9. The average molecular weight is 433 g/mol. The monoisotopic (exact) mass is 432 g/mol. The van der Waals surface area contributed by atoms with E-state index in [1.54, 1.807) is 19.1 Å². The Morgan fingerprint density at radius 2 is 1.69 bits per heavy atom. The predicted molar refractivity (Wildman–Crippen MR) is 120 cm³/mol. The zero-order chi connectivity index (χ0) is 22.9. The number of carbonyl (C=O) groups excluding carboxylic acids is 1. The fraction of sp³-hybridized carbons (Fsp3) is 0.400. The second-order valence-corrected chi connectivity index (χ2v) is 7.64. The topological polar surface area (TPSA) is 89.6 Å². The molecule has 0 aromatic heterocycles. The van der Waals surface area contributed by atoms with E-state index in [-0.39, 0.29) is 31.3 Å². The molecule has 1 aliphatic rings. The van der Waals surface area contributed by atoms with Gasteiger partial charge in [-0.05, 0) is 35.2 Å². The first-order valence-electron chi connectivity index (χ1n) is 10.7. The van der Waals surface area contributed by atoms with Crippen molar-refractivity contribution < 1.29 is 14.3 Å². The van der Waals surface area contributed by atoms with Crippen LogP contribution in [-0.2, 0) is 11.2 Å². The van der Waals surface area contributed by atoms with E-state index in [0.717, 1.165) is 17.5 Å². The number of methoxy groups -OCH3 is 2. The van der Waals surface area contributed by atoms with Crippen molar-refractivity contribution in [2.24, 2.45) is 0 Å². The SMILES string of the molecule is COc1cc2c(cc1OC)C(c1ccccc1)N(CC(=O)N(CCC#N)CCC#N)CC2. The van der Waals surface area contributed by atoms with Gasteiger partial charge >= 0.3 is 0 Å². The van der Waals surface area contributed by atoms with Gasteiger partial charge in [-0.2, -0.15) is 10.5 Å². The number of nitriles is 2. The molecular formula is C25H28N4O3. The molecule has 2 aromatic rings. The molecule has 0 radical (unpaired) electrons. The molecule has 7 heteroatoms. The van der Waals surface area contributed by atoms with Crippen molar-refractivity contribution >= 4 is 5.91 Å². The normalized spacial score (nSPS) is 15.2. The van der Waals surface area contributed by atoms with Crippen LogP contribution in [-0.4, -0.2) is 56.1 Å². The highest BCUT2D eigenvalue weighted by Gasteiger charge is 2.32. The lowest BCUT2D eigenvalue weighted by Gasteiger charge is -2.38. The summed E-state index contributed by atoms with van der Waals surface area (Å²) in [6.07, 6.45) is 1.28. The Balaban J connectivity index is 1.95. The molecule has 0 saturated carbocycles. The lowest BCUT2D eigenvalue weighted by atomic mass is 9.87. The van der Waals surface area contributed by atoms with Gasteiger partial charge in [0.1, 0.15) is 0 Å². The first kappa shape index (κ1) is 23.1. The van der Waals surface area contributed by atoms with Gasteiger partial charge in [0.2, 0.25) is 5.91 Å². The minimum Gasteiger partial charge on any atom is -0.493 e. The van der Waals surface area contributed by atoms with Crippen molar-refractivity contribution in [2.75, 3.05) is 40.4 Å². The van der Waals surface area contributed by atoms with Gasteiger partial charge in [-0.1, -0.05) is 30.3 Å². The summed E-state index contributed by atoms with van der Waals surface area (Å²) in [5.74, 6) is 1.28. The van der Waals surface area contributed by atoms with E-state index in [2.05, 4.69) is 29.2 Å². The number of fused-ring (bicyclic) bond motifs is 1. The smallest absolute Gasteiger partial charge is 0.236 e. The zero-order valence-corrected chi connectivity index (χ0v) is 18.6. The molecule has 0 spiro atoms. The quantitative estimate of drug-likeness (QED) is 0.604. The number of carbonyl (C=O) groups is 1. The predicted octanol–water partition coefficient (Wildman–Crippen LogP) is 3.31. The molecule has 1 atom stereocenters. The van der Waals surface area contributed by atoms with Gasteiger partial charge in [-0.3, -0.25) is 9.69 Å². The highest BCUT2D eigenvalue weighted by Crippen LogP contribution is 2.40. The Kier molecular flexibility index (Phi) is 8.08. The van der Waals surface area contributed by atoms with Crippen molar-refractivity contribution in [3.63, 3.8) is 0 Å². The van der Waals surface area contributed by atoms with Crippen molar-refractivity contribution in [1.82, 2.24) is 9.80 Å². The summed E-state index contributed by atoms with van der Waals surface area (Å²) >= 11 is 0. The Hall–Kier alpha value is -3.55. The third kappa shape index (κ3) is 5.19. The number of benzene rings is 2. The van der Waals surface area contributed by atoms with E-state index in [9.17, 15) is 4.79 Å². The fourth-order valence-corrected chi connectivity index (χ4v) is 4.20. The maximum Gasteiger partial charge on any atom is 0.236 e. The molecule has 166 valence electrons. The summed E-state index contributed by atoms with van der Waals surface area (Å²) in [6, 6.07) is 18.2. The van der Waals surface area contributed by atoms with Crippen LogP contribution >= 0.6 is 0 Å². The van der Waals surface area contributed by atoms with Crippen molar-refractivity contribution in [2.45, 2.75) is 25.3 Å². The molecule has 3 rings (SSSR count). The molecule has 0 fully saturated rings. The van der Waals surface area contributed by atoms with Gasteiger partial charge < -0.3 is 14.4 Å².